The summed E-state index contributed by atoms with van der Waals surface area (Å²) in [7, 11) is 3.74. The van der Waals surface area contributed by atoms with Crippen LogP contribution in [0.15, 0.2) is 18.2 Å². The zero-order chi connectivity index (χ0) is 16.7. The number of nitrogens with zero attached hydrogens (tertiary/aromatic N) is 1. The van der Waals surface area contributed by atoms with E-state index >= 15 is 0 Å². The molecule has 1 N–H and O–H groups in total. The number of methoxy groups -OCH3 is 1. The number of carbonyl (C=O) groups is 1. The maximum atomic E-state index is 12.1. The Balaban J connectivity index is 1.80. The van der Waals surface area contributed by atoms with Gasteiger partial charge < -0.3 is 19.7 Å². The highest BCUT2D eigenvalue weighted by Gasteiger charge is 2.21. The van der Waals surface area contributed by atoms with E-state index in [2.05, 4.69) is 17.3 Å². The second kappa shape index (κ2) is 9.11. The van der Waals surface area contributed by atoms with Crippen LogP contribution < -0.4 is 10.1 Å². The van der Waals surface area contributed by atoms with Crippen molar-refractivity contribution in [3.05, 3.63) is 23.2 Å². The van der Waals surface area contributed by atoms with Crippen LogP contribution in [-0.2, 0) is 9.53 Å². The molecule has 1 saturated heterocycles. The Hall–Kier alpha value is -1.30. The maximum absolute atomic E-state index is 12.1. The predicted octanol–water partition coefficient (Wildman–Crippen LogP) is 3.18. The van der Waals surface area contributed by atoms with E-state index in [4.69, 9.17) is 21.1 Å². The zero-order valence-corrected chi connectivity index (χ0v) is 14.6. The minimum atomic E-state index is 0.0226. The third-order valence-corrected chi connectivity index (χ3v) is 4.43. The highest BCUT2D eigenvalue weighted by molar-refractivity contribution is 6.32. The van der Waals surface area contributed by atoms with E-state index in [1.165, 1.54) is 12.8 Å². The van der Waals surface area contributed by atoms with Crippen molar-refractivity contribution in [2.75, 3.05) is 39.2 Å². The molecule has 0 aromatic heterocycles. The lowest BCUT2D eigenvalue weighted by atomic mass is 10.1. The molecule has 1 atom stereocenters. The lowest BCUT2D eigenvalue weighted by Gasteiger charge is -2.18. The van der Waals surface area contributed by atoms with Gasteiger partial charge in [-0.2, -0.15) is 0 Å². The molecule has 1 unspecified atom stereocenters. The van der Waals surface area contributed by atoms with Gasteiger partial charge in [0, 0.05) is 25.3 Å². The summed E-state index contributed by atoms with van der Waals surface area (Å²) in [6.07, 6.45) is 3.83. The second-order valence-corrected chi connectivity index (χ2v) is 6.26. The Morgan fingerprint density at radius 2 is 2.26 bits per heavy atom. The molecule has 1 aliphatic rings. The first-order chi connectivity index (χ1) is 11.1. The molecule has 1 aromatic rings. The molecule has 1 heterocycles. The minimum Gasteiger partial charge on any atom is -0.490 e. The van der Waals surface area contributed by atoms with Gasteiger partial charge in [0.1, 0.15) is 12.4 Å². The van der Waals surface area contributed by atoms with Gasteiger partial charge in [-0.3, -0.25) is 4.79 Å². The van der Waals surface area contributed by atoms with E-state index < -0.39 is 0 Å². The molecular formula is C17H25ClN2O3. The van der Waals surface area contributed by atoms with Crippen LogP contribution in [0.4, 0.5) is 5.69 Å². The van der Waals surface area contributed by atoms with Gasteiger partial charge in [-0.15, -0.1) is 0 Å². The Labute approximate surface area is 142 Å². The quantitative estimate of drug-likeness (QED) is 0.738. The molecular weight excluding hydrogens is 316 g/mol. The molecule has 2 rings (SSSR count). The average molecular weight is 341 g/mol. The van der Waals surface area contributed by atoms with Gasteiger partial charge in [-0.25, -0.2) is 0 Å². The SMILES string of the molecule is COCCOc1ccc(NC(=O)CCC2CCCN2C)cc1Cl. The molecule has 1 aliphatic heterocycles. The van der Waals surface area contributed by atoms with Crippen LogP contribution in [0.3, 0.4) is 0 Å². The van der Waals surface area contributed by atoms with Crippen molar-refractivity contribution in [1.82, 2.24) is 4.90 Å². The van der Waals surface area contributed by atoms with Crippen LogP contribution in [0.2, 0.25) is 5.02 Å². The van der Waals surface area contributed by atoms with E-state index in [1.54, 1.807) is 25.3 Å². The molecule has 6 heteroatoms. The maximum Gasteiger partial charge on any atom is 0.224 e. The van der Waals surface area contributed by atoms with Crippen molar-refractivity contribution in [3.63, 3.8) is 0 Å². The van der Waals surface area contributed by atoms with Crippen LogP contribution >= 0.6 is 11.6 Å². The van der Waals surface area contributed by atoms with Gasteiger partial charge in [-0.05, 0) is 51.1 Å². The van der Waals surface area contributed by atoms with Crippen LogP contribution in [0.1, 0.15) is 25.7 Å². The van der Waals surface area contributed by atoms with E-state index in [1.807, 2.05) is 0 Å². The summed E-state index contributed by atoms with van der Waals surface area (Å²) in [5.41, 5.74) is 0.693. The molecule has 0 bridgehead atoms. The van der Waals surface area contributed by atoms with Gasteiger partial charge in [0.25, 0.3) is 0 Å². The highest BCUT2D eigenvalue weighted by Crippen LogP contribution is 2.28. The molecule has 1 fully saturated rings. The molecule has 0 saturated carbocycles. The first-order valence-corrected chi connectivity index (χ1v) is 8.39. The smallest absolute Gasteiger partial charge is 0.224 e. The third kappa shape index (κ3) is 5.68. The fourth-order valence-electron chi connectivity index (χ4n) is 2.80. The number of anilines is 1. The van der Waals surface area contributed by atoms with Crippen LogP contribution in [-0.4, -0.2) is 50.8 Å². The van der Waals surface area contributed by atoms with E-state index in [-0.39, 0.29) is 5.91 Å². The summed E-state index contributed by atoms with van der Waals surface area (Å²) < 4.78 is 10.4. The van der Waals surface area contributed by atoms with Gasteiger partial charge in [0.15, 0.2) is 0 Å². The molecule has 5 nitrogen and oxygen atoms in total. The van der Waals surface area contributed by atoms with E-state index in [9.17, 15) is 4.79 Å². The molecule has 128 valence electrons. The predicted molar refractivity (Wildman–Crippen MR) is 92.3 cm³/mol. The lowest BCUT2D eigenvalue weighted by molar-refractivity contribution is -0.116. The number of carbonyl (C=O) groups excluding carboxylic acids is 1. The van der Waals surface area contributed by atoms with Gasteiger partial charge >= 0.3 is 0 Å². The van der Waals surface area contributed by atoms with Crippen molar-refractivity contribution >= 4 is 23.2 Å². The number of ether oxygens (including phenoxy) is 2. The molecule has 0 aliphatic carbocycles. The molecule has 0 radical (unpaired) electrons. The summed E-state index contributed by atoms with van der Waals surface area (Å²) in [5.74, 6) is 0.615. The fourth-order valence-corrected chi connectivity index (χ4v) is 3.03. The number of hydrogen-bond acceptors (Lipinski definition) is 4. The Kier molecular flexibility index (Phi) is 7.15. The van der Waals surface area contributed by atoms with Crippen molar-refractivity contribution in [1.29, 1.82) is 0 Å². The van der Waals surface area contributed by atoms with Gasteiger partial charge in [-0.1, -0.05) is 11.6 Å². The molecule has 23 heavy (non-hydrogen) atoms. The number of nitrogens with one attached hydrogen (secondary N) is 1. The first kappa shape index (κ1) is 18.0. The van der Waals surface area contributed by atoms with Crippen molar-refractivity contribution in [2.45, 2.75) is 31.7 Å². The Morgan fingerprint density at radius 3 is 2.91 bits per heavy atom. The van der Waals surface area contributed by atoms with Crippen molar-refractivity contribution in [3.8, 4) is 5.75 Å². The highest BCUT2D eigenvalue weighted by atomic mass is 35.5. The monoisotopic (exact) mass is 340 g/mol. The van der Waals surface area contributed by atoms with Crippen LogP contribution in [0.5, 0.6) is 5.75 Å². The normalized spacial score (nSPS) is 18.1. The fraction of sp³-hybridized carbons (Fsp3) is 0.588. The number of halogens is 1. The molecule has 0 spiro atoms. The van der Waals surface area contributed by atoms with Gasteiger partial charge in [0.2, 0.25) is 5.91 Å². The number of hydrogen-bond donors (Lipinski definition) is 1. The number of benzene rings is 1. The third-order valence-electron chi connectivity index (χ3n) is 4.14. The molecule has 1 amide bonds. The molecule has 1 aromatic carbocycles. The van der Waals surface area contributed by atoms with Crippen LogP contribution in [0.25, 0.3) is 0 Å². The summed E-state index contributed by atoms with van der Waals surface area (Å²) in [5, 5.41) is 3.37. The second-order valence-electron chi connectivity index (χ2n) is 5.85. The Morgan fingerprint density at radius 1 is 1.43 bits per heavy atom. The van der Waals surface area contributed by atoms with Crippen molar-refractivity contribution < 1.29 is 14.3 Å². The van der Waals surface area contributed by atoms with Crippen LogP contribution in [0, 0.1) is 0 Å². The topological polar surface area (TPSA) is 50.8 Å². The summed E-state index contributed by atoms with van der Waals surface area (Å²) >= 11 is 6.17. The number of likely N-dealkylation sites (tertiary alicyclic amines) is 1. The lowest BCUT2D eigenvalue weighted by Crippen LogP contribution is -2.26. The average Bonchev–Trinajstić information content (AvgIpc) is 2.93. The number of rotatable bonds is 8. The summed E-state index contributed by atoms with van der Waals surface area (Å²) in [4.78, 5) is 14.4. The first-order valence-electron chi connectivity index (χ1n) is 8.01. The zero-order valence-electron chi connectivity index (χ0n) is 13.8. The largest absolute Gasteiger partial charge is 0.490 e. The standard InChI is InChI=1S/C17H25ClN2O3/c1-20-9-3-4-14(20)6-8-17(21)19-13-5-7-16(15(18)12-13)23-11-10-22-2/h5,7,12,14H,3-4,6,8-11H2,1-2H3,(H,19,21). The van der Waals surface area contributed by atoms with Gasteiger partial charge in [0.05, 0.1) is 11.6 Å². The number of amides is 1. The Bertz CT molecular complexity index is 525. The van der Waals surface area contributed by atoms with E-state index in [0.717, 1.165) is 13.0 Å². The minimum absolute atomic E-state index is 0.0226. The van der Waals surface area contributed by atoms with E-state index in [0.29, 0.717) is 42.1 Å². The summed E-state index contributed by atoms with van der Waals surface area (Å²) in [6.45, 7) is 2.08. The summed E-state index contributed by atoms with van der Waals surface area (Å²) in [6, 6.07) is 5.80. The van der Waals surface area contributed by atoms with Crippen molar-refractivity contribution in [2.24, 2.45) is 0 Å².